The standard InChI is InChI=1S/C19H39N2O4/c1-8-17(19(23)24-13-11-20(9-2)10-3)15-16(4)18(22)25-14-12-21(5,6)7/h16-17H,8-15H2,1-7H3/q+1. The number of hydrogen-bond acceptors (Lipinski definition) is 5. The van der Waals surface area contributed by atoms with Gasteiger partial charge in [0.25, 0.3) is 0 Å². The molecule has 0 N–H and O–H groups in total. The monoisotopic (exact) mass is 359 g/mol. The summed E-state index contributed by atoms with van der Waals surface area (Å²) >= 11 is 0. The van der Waals surface area contributed by atoms with Gasteiger partial charge in [0.1, 0.15) is 19.8 Å². The summed E-state index contributed by atoms with van der Waals surface area (Å²) in [5.41, 5.74) is 0. The Morgan fingerprint density at radius 3 is 2.00 bits per heavy atom. The molecule has 25 heavy (non-hydrogen) atoms. The van der Waals surface area contributed by atoms with Crippen molar-refractivity contribution in [2.75, 3.05) is 60.5 Å². The summed E-state index contributed by atoms with van der Waals surface area (Å²) in [7, 11) is 6.16. The number of quaternary nitrogens is 1. The van der Waals surface area contributed by atoms with E-state index in [4.69, 9.17) is 9.47 Å². The van der Waals surface area contributed by atoms with E-state index >= 15 is 0 Å². The van der Waals surface area contributed by atoms with Crippen molar-refractivity contribution in [2.24, 2.45) is 11.8 Å². The third-order valence-corrected chi connectivity index (χ3v) is 4.42. The Morgan fingerprint density at radius 1 is 0.960 bits per heavy atom. The van der Waals surface area contributed by atoms with E-state index in [1.807, 2.05) is 13.8 Å². The van der Waals surface area contributed by atoms with Crippen molar-refractivity contribution >= 4 is 11.9 Å². The van der Waals surface area contributed by atoms with Crippen LogP contribution in [-0.4, -0.2) is 81.9 Å². The lowest BCUT2D eigenvalue weighted by atomic mass is 9.94. The highest BCUT2D eigenvalue weighted by molar-refractivity contribution is 5.75. The van der Waals surface area contributed by atoms with E-state index in [0.29, 0.717) is 26.1 Å². The van der Waals surface area contributed by atoms with Crippen LogP contribution in [0.5, 0.6) is 0 Å². The van der Waals surface area contributed by atoms with Gasteiger partial charge in [0.05, 0.1) is 33.0 Å². The van der Waals surface area contributed by atoms with E-state index in [9.17, 15) is 9.59 Å². The van der Waals surface area contributed by atoms with Crippen LogP contribution in [0, 0.1) is 11.8 Å². The third-order valence-electron chi connectivity index (χ3n) is 4.42. The Bertz CT molecular complexity index is 389. The number of nitrogens with zero attached hydrogens (tertiary/aromatic N) is 2. The fourth-order valence-corrected chi connectivity index (χ4v) is 2.45. The first kappa shape index (κ1) is 23.9. The molecular weight excluding hydrogens is 320 g/mol. The second-order valence-electron chi connectivity index (χ2n) is 7.62. The average molecular weight is 360 g/mol. The smallest absolute Gasteiger partial charge is 0.308 e. The molecule has 0 aromatic rings. The van der Waals surface area contributed by atoms with Crippen molar-refractivity contribution in [1.29, 1.82) is 0 Å². The minimum absolute atomic E-state index is 0.208. The van der Waals surface area contributed by atoms with Crippen molar-refractivity contribution in [3.8, 4) is 0 Å². The molecule has 0 heterocycles. The molecule has 0 aromatic carbocycles. The van der Waals surface area contributed by atoms with Crippen LogP contribution in [0.25, 0.3) is 0 Å². The van der Waals surface area contributed by atoms with Crippen LogP contribution in [0.1, 0.15) is 40.5 Å². The van der Waals surface area contributed by atoms with Gasteiger partial charge in [-0.05, 0) is 25.9 Å². The van der Waals surface area contributed by atoms with E-state index in [2.05, 4.69) is 39.9 Å². The molecule has 148 valence electrons. The molecule has 0 aliphatic rings. The van der Waals surface area contributed by atoms with E-state index < -0.39 is 0 Å². The summed E-state index contributed by atoms with van der Waals surface area (Å²) in [5, 5.41) is 0. The van der Waals surface area contributed by atoms with Crippen LogP contribution in [-0.2, 0) is 19.1 Å². The molecule has 0 aromatic heterocycles. The van der Waals surface area contributed by atoms with Crippen LogP contribution >= 0.6 is 0 Å². The molecule has 0 aliphatic carbocycles. The van der Waals surface area contributed by atoms with Crippen LogP contribution < -0.4 is 0 Å². The molecule has 6 heteroatoms. The molecule has 0 spiro atoms. The first-order chi connectivity index (χ1) is 11.6. The molecule has 0 bridgehead atoms. The minimum Gasteiger partial charge on any atom is -0.464 e. The van der Waals surface area contributed by atoms with Gasteiger partial charge in [-0.15, -0.1) is 0 Å². The van der Waals surface area contributed by atoms with Crippen LogP contribution in [0.2, 0.25) is 0 Å². The van der Waals surface area contributed by atoms with Gasteiger partial charge in [-0.2, -0.15) is 0 Å². The lowest BCUT2D eigenvalue weighted by molar-refractivity contribution is -0.870. The molecular formula is C19H39N2O4+. The predicted molar refractivity (Wildman–Crippen MR) is 100 cm³/mol. The molecule has 0 rings (SSSR count). The first-order valence-electron chi connectivity index (χ1n) is 9.50. The second-order valence-corrected chi connectivity index (χ2v) is 7.62. The fraction of sp³-hybridized carbons (Fsp3) is 0.895. The number of likely N-dealkylation sites (N-methyl/N-ethyl adjacent to an activating group) is 2. The Balaban J connectivity index is 4.27. The summed E-state index contributed by atoms with van der Waals surface area (Å²) in [6.45, 7) is 12.2. The SMILES string of the molecule is CCC(CC(C)C(=O)OCC[N+](C)(C)C)C(=O)OCCN(CC)CC. The summed E-state index contributed by atoms with van der Waals surface area (Å²) in [6, 6.07) is 0. The Labute approximate surface area is 154 Å². The molecule has 6 nitrogen and oxygen atoms in total. The van der Waals surface area contributed by atoms with Crippen molar-refractivity contribution in [1.82, 2.24) is 4.90 Å². The number of esters is 2. The Hall–Kier alpha value is -1.14. The number of carbonyl (C=O) groups excluding carboxylic acids is 2. The summed E-state index contributed by atoms with van der Waals surface area (Å²) < 4.78 is 11.5. The number of carbonyl (C=O) groups is 2. The van der Waals surface area contributed by atoms with Gasteiger partial charge in [0.2, 0.25) is 0 Å². The maximum absolute atomic E-state index is 12.2. The topological polar surface area (TPSA) is 55.8 Å². The molecule has 0 saturated heterocycles. The van der Waals surface area contributed by atoms with Gasteiger partial charge in [-0.25, -0.2) is 0 Å². The van der Waals surface area contributed by atoms with E-state index in [0.717, 1.165) is 30.7 Å². The van der Waals surface area contributed by atoms with Gasteiger partial charge in [-0.1, -0.05) is 27.7 Å². The normalized spacial score (nSPS) is 14.2. The fourth-order valence-electron chi connectivity index (χ4n) is 2.45. The van der Waals surface area contributed by atoms with Crippen LogP contribution in [0.3, 0.4) is 0 Å². The number of ether oxygens (including phenoxy) is 2. The number of rotatable bonds is 13. The largest absolute Gasteiger partial charge is 0.464 e. The summed E-state index contributed by atoms with van der Waals surface area (Å²) in [5.74, 6) is -0.992. The van der Waals surface area contributed by atoms with Crippen molar-refractivity contribution in [3.63, 3.8) is 0 Å². The number of hydrogen-bond donors (Lipinski definition) is 0. The van der Waals surface area contributed by atoms with E-state index in [-0.39, 0.29) is 23.8 Å². The highest BCUT2D eigenvalue weighted by Crippen LogP contribution is 2.18. The molecule has 0 radical (unpaired) electrons. The first-order valence-corrected chi connectivity index (χ1v) is 9.50. The Morgan fingerprint density at radius 2 is 1.52 bits per heavy atom. The van der Waals surface area contributed by atoms with Crippen LogP contribution in [0.15, 0.2) is 0 Å². The molecule has 2 atom stereocenters. The maximum Gasteiger partial charge on any atom is 0.308 e. The van der Waals surface area contributed by atoms with Crippen molar-refractivity contribution in [3.05, 3.63) is 0 Å². The average Bonchev–Trinajstić information content (AvgIpc) is 2.54. The predicted octanol–water partition coefficient (Wildman–Crippen LogP) is 2.17. The molecule has 0 aliphatic heterocycles. The van der Waals surface area contributed by atoms with Gasteiger partial charge in [0, 0.05) is 6.54 Å². The Kier molecular flexibility index (Phi) is 11.7. The zero-order valence-electron chi connectivity index (χ0n) is 17.3. The molecule has 2 unspecified atom stereocenters. The molecule has 0 amide bonds. The second kappa shape index (κ2) is 12.3. The summed E-state index contributed by atoms with van der Waals surface area (Å²) in [6.07, 6.45) is 1.14. The van der Waals surface area contributed by atoms with Gasteiger partial charge < -0.3 is 18.9 Å². The zero-order valence-corrected chi connectivity index (χ0v) is 17.3. The van der Waals surface area contributed by atoms with E-state index in [1.54, 1.807) is 0 Å². The lowest BCUT2D eigenvalue weighted by Crippen LogP contribution is -2.38. The molecule has 0 fully saturated rings. The maximum atomic E-state index is 12.2. The van der Waals surface area contributed by atoms with E-state index in [1.165, 1.54) is 0 Å². The van der Waals surface area contributed by atoms with Crippen molar-refractivity contribution < 1.29 is 23.5 Å². The highest BCUT2D eigenvalue weighted by atomic mass is 16.5. The van der Waals surface area contributed by atoms with Crippen LogP contribution in [0.4, 0.5) is 0 Å². The van der Waals surface area contributed by atoms with Crippen molar-refractivity contribution in [2.45, 2.75) is 40.5 Å². The van der Waals surface area contributed by atoms with Gasteiger partial charge in [0.15, 0.2) is 0 Å². The minimum atomic E-state index is -0.298. The third kappa shape index (κ3) is 11.2. The zero-order chi connectivity index (χ0) is 19.5. The quantitative estimate of drug-likeness (QED) is 0.373. The molecule has 0 saturated carbocycles. The summed E-state index contributed by atoms with van der Waals surface area (Å²) in [4.78, 5) is 26.5. The van der Waals surface area contributed by atoms with Gasteiger partial charge in [-0.3, -0.25) is 9.59 Å². The lowest BCUT2D eigenvalue weighted by Gasteiger charge is -2.24. The van der Waals surface area contributed by atoms with Gasteiger partial charge >= 0.3 is 11.9 Å². The highest BCUT2D eigenvalue weighted by Gasteiger charge is 2.25.